The van der Waals surface area contributed by atoms with Gasteiger partial charge in [-0.2, -0.15) is 0 Å². The molecule has 15 heavy (non-hydrogen) atoms. The third-order valence-corrected chi connectivity index (χ3v) is 5.03. The highest BCUT2D eigenvalue weighted by Gasteiger charge is 2.22. The van der Waals surface area contributed by atoms with Gasteiger partial charge in [-0.3, -0.25) is 0 Å². The molecule has 0 aliphatic heterocycles. The van der Waals surface area contributed by atoms with Crippen molar-refractivity contribution in [1.82, 2.24) is 0 Å². The van der Waals surface area contributed by atoms with Crippen molar-refractivity contribution in [3.63, 3.8) is 0 Å². The van der Waals surface area contributed by atoms with Gasteiger partial charge in [-0.15, -0.1) is 0 Å². The topological polar surface area (TPSA) is 0 Å². The molecular formula is C9H22B4S2. The summed E-state index contributed by atoms with van der Waals surface area (Å²) >= 11 is 9.01. The average Bonchev–Trinajstić information content (AvgIpc) is 2.37. The first-order chi connectivity index (χ1) is 7.31. The molecule has 1 fully saturated rings. The van der Waals surface area contributed by atoms with Crippen LogP contribution >= 0.6 is 25.0 Å². The second-order valence-corrected chi connectivity index (χ2v) is 5.75. The minimum absolute atomic E-state index is 0.821. The Morgan fingerprint density at radius 2 is 1.33 bits per heavy atom. The van der Waals surface area contributed by atoms with Gasteiger partial charge in [0.05, 0.1) is 14.9 Å². The van der Waals surface area contributed by atoms with E-state index in [0.717, 1.165) is 30.6 Å². The predicted octanol–water partition coefficient (Wildman–Crippen LogP) is 1.25. The van der Waals surface area contributed by atoms with Gasteiger partial charge < -0.3 is 0 Å². The fourth-order valence-electron chi connectivity index (χ4n) is 2.84. The molecule has 1 aliphatic rings. The molecular weight excluding hydrogens is 215 g/mol. The van der Waals surface area contributed by atoms with Crippen molar-refractivity contribution in [2.75, 3.05) is 0 Å². The van der Waals surface area contributed by atoms with Crippen molar-refractivity contribution >= 4 is 53.0 Å². The summed E-state index contributed by atoms with van der Waals surface area (Å²) in [5.74, 6) is 2.63. The van der Waals surface area contributed by atoms with Crippen molar-refractivity contribution in [3.8, 4) is 0 Å². The standard InChI is InChI=1S/C9H22B4S2/c10-11-7-3-1-5-8(12-14)9(13-15)6-2-4-7/h7-9,11-15H,1-6,10H2. The van der Waals surface area contributed by atoms with Gasteiger partial charge in [0.2, 0.25) is 0 Å². The van der Waals surface area contributed by atoms with Gasteiger partial charge in [0.1, 0.15) is 0 Å². The van der Waals surface area contributed by atoms with Gasteiger partial charge in [-0.05, 0) is 0 Å². The Labute approximate surface area is 109 Å². The molecule has 1 rings (SSSR count). The Balaban J connectivity index is 2.48. The third-order valence-electron chi connectivity index (χ3n) is 4.09. The molecule has 0 heterocycles. The molecule has 0 aromatic heterocycles. The van der Waals surface area contributed by atoms with Crippen molar-refractivity contribution in [3.05, 3.63) is 0 Å². The van der Waals surface area contributed by atoms with Crippen LogP contribution in [0, 0.1) is 0 Å². The molecule has 0 saturated heterocycles. The zero-order chi connectivity index (χ0) is 11.1. The fraction of sp³-hybridized carbons (Fsp3) is 1.00. The number of thiol groups is 2. The second-order valence-electron chi connectivity index (χ2n) is 5.02. The van der Waals surface area contributed by atoms with E-state index in [2.05, 4.69) is 32.7 Å². The molecule has 0 nitrogen and oxygen atoms in total. The lowest BCUT2D eigenvalue weighted by Crippen LogP contribution is -2.11. The maximum Gasteiger partial charge on any atom is 0.190 e. The average molecular weight is 238 g/mol. The van der Waals surface area contributed by atoms with Gasteiger partial charge in [0, 0.05) is 0 Å². The summed E-state index contributed by atoms with van der Waals surface area (Å²) < 4.78 is 0. The van der Waals surface area contributed by atoms with E-state index in [9.17, 15) is 0 Å². The molecule has 0 aromatic carbocycles. The highest BCUT2D eigenvalue weighted by atomic mass is 32.1. The largest absolute Gasteiger partial charge is 0.231 e. The maximum atomic E-state index is 4.51. The van der Waals surface area contributed by atoms with Gasteiger partial charge in [0.15, 0.2) is 13.1 Å². The minimum atomic E-state index is 0.821. The van der Waals surface area contributed by atoms with E-state index in [0.29, 0.717) is 0 Å². The SMILES string of the molecule is BBC1CCCC(BS)C(BS)CCC1. The van der Waals surface area contributed by atoms with E-state index < -0.39 is 0 Å². The molecule has 82 valence electrons. The Bertz CT molecular complexity index is 154. The molecule has 1 saturated carbocycles. The number of hydrogen-bond acceptors (Lipinski definition) is 2. The lowest BCUT2D eigenvalue weighted by molar-refractivity contribution is 0.620. The van der Waals surface area contributed by atoms with Gasteiger partial charge in [0.25, 0.3) is 0 Å². The minimum Gasteiger partial charge on any atom is -0.231 e. The quantitative estimate of drug-likeness (QED) is 0.536. The van der Waals surface area contributed by atoms with E-state index in [-0.39, 0.29) is 0 Å². The summed E-state index contributed by atoms with van der Waals surface area (Å²) in [6.07, 6.45) is 8.47. The smallest absolute Gasteiger partial charge is 0.190 e. The lowest BCUT2D eigenvalue weighted by Gasteiger charge is -2.22. The highest BCUT2D eigenvalue weighted by molar-refractivity contribution is 8.07. The fourth-order valence-corrected chi connectivity index (χ4v) is 3.80. The summed E-state index contributed by atoms with van der Waals surface area (Å²) in [4.78, 5) is 0. The Hall–Kier alpha value is 0.960. The number of hydrogen-bond donors (Lipinski definition) is 2. The first kappa shape index (κ1) is 14.0. The molecule has 0 radical (unpaired) electrons. The second kappa shape index (κ2) is 8.11. The lowest BCUT2D eigenvalue weighted by atomic mass is 9.45. The van der Waals surface area contributed by atoms with Crippen LogP contribution in [0.2, 0.25) is 17.5 Å². The normalized spacial score (nSPS) is 33.3. The van der Waals surface area contributed by atoms with Crippen molar-refractivity contribution in [2.24, 2.45) is 0 Å². The Kier molecular flexibility index (Phi) is 7.58. The molecule has 6 heteroatoms. The summed E-state index contributed by atoms with van der Waals surface area (Å²) in [7, 11) is 3.71. The number of rotatable bonds is 3. The molecule has 2 unspecified atom stereocenters. The summed E-state index contributed by atoms with van der Waals surface area (Å²) in [5, 5.41) is 0. The molecule has 0 N–H and O–H groups in total. The van der Waals surface area contributed by atoms with Crippen LogP contribution in [0.3, 0.4) is 0 Å². The van der Waals surface area contributed by atoms with Crippen molar-refractivity contribution in [1.29, 1.82) is 0 Å². The van der Waals surface area contributed by atoms with E-state index in [1.54, 1.807) is 0 Å². The maximum absolute atomic E-state index is 4.51. The molecule has 1 aliphatic carbocycles. The zero-order valence-electron chi connectivity index (χ0n) is 9.99. The van der Waals surface area contributed by atoms with Crippen LogP contribution < -0.4 is 0 Å². The summed E-state index contributed by atoms with van der Waals surface area (Å²) in [5.41, 5.74) is 0. The van der Waals surface area contributed by atoms with Crippen LogP contribution in [-0.4, -0.2) is 28.0 Å². The monoisotopic (exact) mass is 238 g/mol. The molecule has 0 amide bonds. The van der Waals surface area contributed by atoms with E-state index in [4.69, 9.17) is 0 Å². The van der Waals surface area contributed by atoms with Gasteiger partial charge in [-0.25, -0.2) is 25.0 Å². The van der Waals surface area contributed by atoms with E-state index >= 15 is 0 Å². The Morgan fingerprint density at radius 1 is 0.867 bits per heavy atom. The third kappa shape index (κ3) is 4.77. The van der Waals surface area contributed by atoms with Crippen LogP contribution in [-0.2, 0) is 0 Å². The van der Waals surface area contributed by atoms with Crippen molar-refractivity contribution < 1.29 is 0 Å². The van der Waals surface area contributed by atoms with Crippen LogP contribution in [0.4, 0.5) is 0 Å². The van der Waals surface area contributed by atoms with Crippen LogP contribution in [0.1, 0.15) is 38.5 Å². The van der Waals surface area contributed by atoms with Crippen molar-refractivity contribution in [2.45, 2.75) is 56.0 Å². The first-order valence-corrected chi connectivity index (χ1v) is 7.80. The summed E-state index contributed by atoms with van der Waals surface area (Å²) in [6.45, 7) is 2.12. The van der Waals surface area contributed by atoms with Crippen LogP contribution in [0.25, 0.3) is 0 Å². The molecule has 0 aromatic rings. The predicted molar refractivity (Wildman–Crippen MR) is 86.9 cm³/mol. The summed E-state index contributed by atoms with van der Waals surface area (Å²) in [6, 6.07) is 0. The zero-order valence-corrected chi connectivity index (χ0v) is 11.8. The highest BCUT2D eigenvalue weighted by Crippen LogP contribution is 2.38. The molecule has 2 atom stereocenters. The van der Waals surface area contributed by atoms with Gasteiger partial charge in [-0.1, -0.05) is 56.0 Å². The Morgan fingerprint density at radius 3 is 1.67 bits per heavy atom. The van der Waals surface area contributed by atoms with Crippen LogP contribution in [0.5, 0.6) is 0 Å². The van der Waals surface area contributed by atoms with E-state index in [1.807, 2.05) is 0 Å². The van der Waals surface area contributed by atoms with E-state index in [1.165, 1.54) is 45.7 Å². The molecule has 0 spiro atoms. The van der Waals surface area contributed by atoms with Crippen LogP contribution in [0.15, 0.2) is 0 Å². The molecule has 0 bridgehead atoms. The first-order valence-electron chi connectivity index (χ1n) is 6.53. The van der Waals surface area contributed by atoms with Gasteiger partial charge >= 0.3 is 0 Å².